The summed E-state index contributed by atoms with van der Waals surface area (Å²) in [7, 11) is -3.73. The number of fused-ring (bicyclic) bond motifs is 2. The number of rotatable bonds is 6. The summed E-state index contributed by atoms with van der Waals surface area (Å²) in [5, 5.41) is 8.53. The van der Waals surface area contributed by atoms with Gasteiger partial charge in [-0.25, -0.2) is 23.5 Å². The van der Waals surface area contributed by atoms with E-state index in [0.717, 1.165) is 30.2 Å². The molecule has 3 N–H and O–H groups in total. The van der Waals surface area contributed by atoms with E-state index in [1.807, 2.05) is 19.1 Å². The molecule has 0 saturated heterocycles. The minimum Gasteiger partial charge on any atom is -0.473 e. The van der Waals surface area contributed by atoms with E-state index in [1.54, 1.807) is 12.1 Å². The Bertz CT molecular complexity index is 1450. The van der Waals surface area contributed by atoms with Crippen molar-refractivity contribution in [2.24, 2.45) is 22.9 Å². The maximum atomic E-state index is 11.5. The largest absolute Gasteiger partial charge is 0.473 e. The average molecular weight is 490 g/mol. The third kappa shape index (κ3) is 4.95. The summed E-state index contributed by atoms with van der Waals surface area (Å²) < 4.78 is 29.5. The number of hydrogen-bond donors (Lipinski definition) is 2. The van der Waals surface area contributed by atoms with Crippen molar-refractivity contribution in [3.8, 4) is 17.7 Å². The molecule has 8 nitrogen and oxygen atoms in total. The van der Waals surface area contributed by atoms with Gasteiger partial charge < -0.3 is 10.1 Å². The van der Waals surface area contributed by atoms with Crippen LogP contribution < -0.4 is 15.2 Å². The van der Waals surface area contributed by atoms with Crippen LogP contribution in [0.15, 0.2) is 41.3 Å². The molecule has 6 rings (SSSR count). The number of anilines is 1. The Kier molecular flexibility index (Phi) is 5.38. The highest BCUT2D eigenvalue weighted by atomic mass is 32.2. The molecule has 0 bridgehead atoms. The first kappa shape index (κ1) is 22.3. The molecule has 3 aromatic rings. The van der Waals surface area contributed by atoms with E-state index in [9.17, 15) is 8.42 Å². The van der Waals surface area contributed by atoms with Crippen molar-refractivity contribution in [1.82, 2.24) is 15.0 Å². The van der Waals surface area contributed by atoms with Gasteiger partial charge in [-0.3, -0.25) is 0 Å². The zero-order valence-corrected chi connectivity index (χ0v) is 20.3. The fourth-order valence-corrected chi connectivity index (χ4v) is 5.26. The average Bonchev–Trinajstić information content (AvgIpc) is 3.76. The van der Waals surface area contributed by atoms with Gasteiger partial charge in [-0.1, -0.05) is 18.1 Å². The van der Waals surface area contributed by atoms with Crippen LogP contribution in [0.2, 0.25) is 0 Å². The van der Waals surface area contributed by atoms with Gasteiger partial charge in [-0.2, -0.15) is 4.98 Å². The molecule has 4 atom stereocenters. The number of nitrogens with zero attached hydrogens (tertiary/aromatic N) is 3. The van der Waals surface area contributed by atoms with Crippen molar-refractivity contribution in [3.63, 3.8) is 0 Å². The molecule has 1 unspecified atom stereocenters. The second-order valence-electron chi connectivity index (χ2n) is 9.91. The molecular weight excluding hydrogens is 462 g/mol. The molecule has 3 aliphatic carbocycles. The lowest BCUT2D eigenvalue weighted by atomic mass is 10.1. The Morgan fingerprint density at radius 2 is 1.77 bits per heavy atom. The molecule has 2 heterocycles. The lowest BCUT2D eigenvalue weighted by molar-refractivity contribution is 0.189. The van der Waals surface area contributed by atoms with Gasteiger partial charge in [0.15, 0.2) is 5.52 Å². The van der Waals surface area contributed by atoms with Crippen molar-refractivity contribution < 1.29 is 13.2 Å². The molecule has 0 aliphatic heterocycles. The molecule has 2 aromatic heterocycles. The molecule has 3 aliphatic rings. The number of ether oxygens (including phenoxy) is 1. The molecule has 3 fully saturated rings. The number of pyridine rings is 1. The van der Waals surface area contributed by atoms with E-state index in [2.05, 4.69) is 22.1 Å². The lowest BCUT2D eigenvalue weighted by Crippen LogP contribution is -2.17. The predicted octanol–water partition coefficient (Wildman–Crippen LogP) is 3.78. The number of nitrogens with two attached hydrogens (primary N) is 1. The van der Waals surface area contributed by atoms with Gasteiger partial charge in [0, 0.05) is 5.92 Å². The summed E-state index contributed by atoms with van der Waals surface area (Å²) in [6.07, 6.45) is 5.92. The monoisotopic (exact) mass is 489 g/mol. The second-order valence-corrected chi connectivity index (χ2v) is 11.5. The summed E-state index contributed by atoms with van der Waals surface area (Å²) >= 11 is 0. The van der Waals surface area contributed by atoms with Crippen LogP contribution in [0, 0.1) is 29.6 Å². The standard InChI is InChI=1S/C26H27N5O3S/c1-15(17-5-9-22(10-6-17)35(27,32)33)28-26-30-23-11-8-20(7-4-16-2-3-16)29-24(23)25(31-26)34-21-13-18-12-19(18)14-21/h5-6,8-11,15-16,18-19,21H,2-3,12-14H2,1H3,(H2,27,32,33)(H,28,30,31)/t15-,18-,19+,21?/m1/s1. The first-order valence-electron chi connectivity index (χ1n) is 12.1. The Labute approximate surface area is 204 Å². The summed E-state index contributed by atoms with van der Waals surface area (Å²) in [6, 6.07) is 10.1. The number of hydrogen-bond acceptors (Lipinski definition) is 7. The first-order valence-corrected chi connectivity index (χ1v) is 13.6. The molecule has 9 heteroatoms. The lowest BCUT2D eigenvalue weighted by Gasteiger charge is -2.18. The van der Waals surface area contributed by atoms with E-state index >= 15 is 0 Å². The highest BCUT2D eigenvalue weighted by Gasteiger charge is 2.47. The van der Waals surface area contributed by atoms with E-state index < -0.39 is 10.0 Å². The van der Waals surface area contributed by atoms with Crippen LogP contribution >= 0.6 is 0 Å². The van der Waals surface area contributed by atoms with Gasteiger partial charge >= 0.3 is 0 Å². The van der Waals surface area contributed by atoms with Crippen molar-refractivity contribution in [3.05, 3.63) is 47.7 Å². The molecule has 35 heavy (non-hydrogen) atoms. The van der Waals surface area contributed by atoms with Crippen molar-refractivity contribution in [2.45, 2.75) is 56.1 Å². The quantitative estimate of drug-likeness (QED) is 0.506. The molecule has 0 radical (unpaired) electrons. The number of sulfonamides is 1. The maximum absolute atomic E-state index is 11.5. The van der Waals surface area contributed by atoms with Crippen molar-refractivity contribution in [2.75, 3.05) is 5.32 Å². The first-order chi connectivity index (χ1) is 16.8. The molecular formula is C26H27N5O3S. The molecule has 1 aromatic carbocycles. The van der Waals surface area contributed by atoms with Crippen LogP contribution in [-0.4, -0.2) is 29.5 Å². The van der Waals surface area contributed by atoms with Gasteiger partial charge in [0.1, 0.15) is 11.8 Å². The van der Waals surface area contributed by atoms with Crippen LogP contribution in [0.5, 0.6) is 5.88 Å². The molecule has 0 spiro atoms. The Morgan fingerprint density at radius 3 is 2.46 bits per heavy atom. The predicted molar refractivity (Wildman–Crippen MR) is 132 cm³/mol. The zero-order chi connectivity index (χ0) is 24.2. The van der Waals surface area contributed by atoms with E-state index in [-0.39, 0.29) is 17.0 Å². The number of aromatic nitrogens is 3. The Balaban J connectivity index is 1.29. The number of benzene rings is 1. The fourth-order valence-electron chi connectivity index (χ4n) is 4.74. The van der Waals surface area contributed by atoms with Gasteiger partial charge in [0.25, 0.3) is 0 Å². The van der Waals surface area contributed by atoms with Crippen molar-refractivity contribution in [1.29, 1.82) is 0 Å². The summed E-state index contributed by atoms with van der Waals surface area (Å²) in [6.45, 7) is 1.96. The summed E-state index contributed by atoms with van der Waals surface area (Å²) in [5.41, 5.74) is 2.90. The van der Waals surface area contributed by atoms with Crippen molar-refractivity contribution >= 4 is 27.0 Å². The molecule has 180 valence electrons. The fraction of sp³-hybridized carbons (Fsp3) is 0.423. The maximum Gasteiger partial charge on any atom is 0.245 e. The van der Waals surface area contributed by atoms with Crippen LogP contribution in [0.3, 0.4) is 0 Å². The van der Waals surface area contributed by atoms with Gasteiger partial charge in [-0.15, -0.1) is 0 Å². The number of primary sulfonamides is 1. The SMILES string of the molecule is C[C@@H](Nc1nc(OC2C[C@@H]3C[C@@H]3C2)c2nc(C#CC3CC3)ccc2n1)c1ccc(S(N)(=O)=O)cc1. The Hall–Kier alpha value is -3.22. The summed E-state index contributed by atoms with van der Waals surface area (Å²) in [5.74, 6) is 9.42. The van der Waals surface area contributed by atoms with Gasteiger partial charge in [0.2, 0.25) is 21.9 Å². The molecule has 0 amide bonds. The summed E-state index contributed by atoms with van der Waals surface area (Å²) in [4.78, 5) is 14.2. The van der Waals surface area contributed by atoms with E-state index in [4.69, 9.17) is 19.8 Å². The minimum atomic E-state index is -3.73. The topological polar surface area (TPSA) is 120 Å². The third-order valence-corrected chi connectivity index (χ3v) is 7.95. The van der Waals surface area contributed by atoms with Crippen LogP contribution in [0.25, 0.3) is 11.0 Å². The third-order valence-electron chi connectivity index (χ3n) is 7.02. The highest BCUT2D eigenvalue weighted by Crippen LogP contribution is 2.52. The smallest absolute Gasteiger partial charge is 0.245 e. The van der Waals surface area contributed by atoms with E-state index in [0.29, 0.717) is 34.5 Å². The van der Waals surface area contributed by atoms with E-state index in [1.165, 1.54) is 31.4 Å². The number of nitrogens with one attached hydrogen (secondary N) is 1. The van der Waals surface area contributed by atoms with Gasteiger partial charge in [-0.05, 0) is 86.6 Å². The van der Waals surface area contributed by atoms with Gasteiger partial charge in [0.05, 0.1) is 16.5 Å². The zero-order valence-electron chi connectivity index (χ0n) is 19.4. The Morgan fingerprint density at radius 1 is 1.03 bits per heavy atom. The molecule has 3 saturated carbocycles. The second kappa shape index (κ2) is 8.47. The van der Waals surface area contributed by atoms with Crippen LogP contribution in [0.1, 0.15) is 56.3 Å². The highest BCUT2D eigenvalue weighted by molar-refractivity contribution is 7.89. The van der Waals surface area contributed by atoms with Crippen LogP contribution in [0.4, 0.5) is 5.95 Å². The normalized spacial score (nSPS) is 23.8. The van der Waals surface area contributed by atoms with Crippen LogP contribution in [-0.2, 0) is 10.0 Å². The minimum absolute atomic E-state index is 0.0763.